The largest absolute Gasteiger partial charge is 0.444 e. The number of piperidine rings is 1. The predicted molar refractivity (Wildman–Crippen MR) is 97.1 cm³/mol. The van der Waals surface area contributed by atoms with Crippen molar-refractivity contribution >= 4 is 11.9 Å². The van der Waals surface area contributed by atoms with Crippen molar-refractivity contribution in [1.82, 2.24) is 9.88 Å². The van der Waals surface area contributed by atoms with Gasteiger partial charge < -0.3 is 15.0 Å². The SMILES string of the molecule is CC(C)CNc1ccc(C2CCCCN2C(=O)OC(C)(C)C)cn1. The highest BCUT2D eigenvalue weighted by molar-refractivity contribution is 5.69. The maximum absolute atomic E-state index is 12.5. The predicted octanol–water partition coefficient (Wildman–Crippen LogP) is 4.61. The molecule has 1 amide bonds. The van der Waals surface area contributed by atoms with Gasteiger partial charge in [0.2, 0.25) is 0 Å². The Hall–Kier alpha value is -1.78. The van der Waals surface area contributed by atoms with Crippen LogP contribution in [0.5, 0.6) is 0 Å². The number of pyridine rings is 1. The van der Waals surface area contributed by atoms with Gasteiger partial charge in [-0.1, -0.05) is 19.9 Å². The third kappa shape index (κ3) is 5.39. The maximum Gasteiger partial charge on any atom is 0.410 e. The van der Waals surface area contributed by atoms with Gasteiger partial charge in [-0.15, -0.1) is 0 Å². The second-order valence-corrected chi connectivity index (χ2v) is 7.94. The number of nitrogens with zero attached hydrogens (tertiary/aromatic N) is 2. The molecule has 2 rings (SSSR count). The lowest BCUT2D eigenvalue weighted by molar-refractivity contribution is 0.00948. The summed E-state index contributed by atoms with van der Waals surface area (Å²) in [6.45, 7) is 11.7. The van der Waals surface area contributed by atoms with Crippen LogP contribution in [0.15, 0.2) is 18.3 Å². The normalized spacial score (nSPS) is 18.6. The Kier molecular flexibility index (Phi) is 6.08. The molecule has 0 spiro atoms. The molecule has 0 aromatic carbocycles. The van der Waals surface area contributed by atoms with Gasteiger partial charge >= 0.3 is 6.09 Å². The Labute approximate surface area is 145 Å². The quantitative estimate of drug-likeness (QED) is 0.874. The van der Waals surface area contributed by atoms with Gasteiger partial charge in [-0.2, -0.15) is 0 Å². The molecule has 24 heavy (non-hydrogen) atoms. The number of amides is 1. The van der Waals surface area contributed by atoms with E-state index in [9.17, 15) is 4.79 Å². The second kappa shape index (κ2) is 7.86. The Balaban J connectivity index is 2.08. The summed E-state index contributed by atoms with van der Waals surface area (Å²) in [5.74, 6) is 1.46. The van der Waals surface area contributed by atoms with Gasteiger partial charge in [-0.3, -0.25) is 0 Å². The Bertz CT molecular complexity index is 535. The van der Waals surface area contributed by atoms with E-state index in [0.29, 0.717) is 5.92 Å². The smallest absolute Gasteiger partial charge is 0.410 e. The topological polar surface area (TPSA) is 54.5 Å². The van der Waals surface area contributed by atoms with Crippen LogP contribution in [0.4, 0.5) is 10.6 Å². The van der Waals surface area contributed by atoms with Crippen LogP contribution in [-0.2, 0) is 4.74 Å². The number of hydrogen-bond donors (Lipinski definition) is 1. The molecule has 1 unspecified atom stereocenters. The first-order chi connectivity index (χ1) is 11.3. The molecule has 0 saturated carbocycles. The lowest BCUT2D eigenvalue weighted by atomic mass is 9.97. The van der Waals surface area contributed by atoms with Crippen molar-refractivity contribution in [2.75, 3.05) is 18.4 Å². The third-order valence-electron chi connectivity index (χ3n) is 3.99. The summed E-state index contributed by atoms with van der Waals surface area (Å²) in [6, 6.07) is 4.13. The Morgan fingerprint density at radius 3 is 2.71 bits per heavy atom. The molecule has 1 aromatic rings. The summed E-state index contributed by atoms with van der Waals surface area (Å²) in [6.07, 6.45) is 4.76. The van der Waals surface area contributed by atoms with Gasteiger partial charge in [0.25, 0.3) is 0 Å². The van der Waals surface area contributed by atoms with E-state index in [0.717, 1.165) is 43.7 Å². The van der Waals surface area contributed by atoms with Crippen molar-refractivity contribution in [2.24, 2.45) is 5.92 Å². The van der Waals surface area contributed by atoms with E-state index < -0.39 is 5.60 Å². The minimum absolute atomic E-state index is 0.0558. The summed E-state index contributed by atoms with van der Waals surface area (Å²) in [4.78, 5) is 18.9. The van der Waals surface area contributed by atoms with Crippen molar-refractivity contribution in [3.63, 3.8) is 0 Å². The van der Waals surface area contributed by atoms with Crippen molar-refractivity contribution in [1.29, 1.82) is 0 Å². The van der Waals surface area contributed by atoms with Crippen molar-refractivity contribution in [3.05, 3.63) is 23.9 Å². The molecule has 1 aromatic heterocycles. The average Bonchev–Trinajstić information content (AvgIpc) is 2.52. The van der Waals surface area contributed by atoms with E-state index in [1.54, 1.807) is 0 Å². The highest BCUT2D eigenvalue weighted by Gasteiger charge is 2.31. The Morgan fingerprint density at radius 2 is 2.12 bits per heavy atom. The fourth-order valence-electron chi connectivity index (χ4n) is 2.83. The molecule has 2 heterocycles. The molecule has 1 aliphatic rings. The molecule has 5 nitrogen and oxygen atoms in total. The van der Waals surface area contributed by atoms with E-state index in [1.165, 1.54) is 0 Å². The monoisotopic (exact) mass is 333 g/mol. The first-order valence-corrected chi connectivity index (χ1v) is 8.95. The van der Waals surface area contributed by atoms with Crippen LogP contribution in [0.25, 0.3) is 0 Å². The minimum Gasteiger partial charge on any atom is -0.444 e. The standard InChI is InChI=1S/C19H31N3O2/c1-14(2)12-20-17-10-9-15(13-21-17)16-8-6-7-11-22(16)18(23)24-19(3,4)5/h9-10,13-14,16H,6-8,11-12H2,1-5H3,(H,20,21). The summed E-state index contributed by atoms with van der Waals surface area (Å²) >= 11 is 0. The summed E-state index contributed by atoms with van der Waals surface area (Å²) in [7, 11) is 0. The molecular formula is C19H31N3O2. The van der Waals surface area contributed by atoms with Crippen LogP contribution in [0.1, 0.15) is 65.5 Å². The summed E-state index contributed by atoms with van der Waals surface area (Å²) < 4.78 is 5.57. The fourth-order valence-corrected chi connectivity index (χ4v) is 2.83. The molecule has 1 aliphatic heterocycles. The number of aromatic nitrogens is 1. The molecule has 1 fully saturated rings. The van der Waals surface area contributed by atoms with Crippen LogP contribution >= 0.6 is 0 Å². The molecule has 1 N–H and O–H groups in total. The maximum atomic E-state index is 12.5. The third-order valence-corrected chi connectivity index (χ3v) is 3.99. The number of rotatable bonds is 4. The molecule has 0 aliphatic carbocycles. The summed E-state index contributed by atoms with van der Waals surface area (Å²) in [5.41, 5.74) is 0.609. The summed E-state index contributed by atoms with van der Waals surface area (Å²) in [5, 5.41) is 3.32. The van der Waals surface area contributed by atoms with Crippen LogP contribution in [0, 0.1) is 5.92 Å². The van der Waals surface area contributed by atoms with Crippen LogP contribution in [0.2, 0.25) is 0 Å². The van der Waals surface area contributed by atoms with Gasteiger partial charge in [-0.05, 0) is 57.6 Å². The van der Waals surface area contributed by atoms with Gasteiger partial charge in [0.1, 0.15) is 11.4 Å². The number of likely N-dealkylation sites (tertiary alicyclic amines) is 1. The molecule has 1 saturated heterocycles. The van der Waals surface area contributed by atoms with E-state index >= 15 is 0 Å². The van der Waals surface area contributed by atoms with E-state index in [4.69, 9.17) is 4.74 Å². The van der Waals surface area contributed by atoms with Crippen molar-refractivity contribution in [3.8, 4) is 0 Å². The first-order valence-electron chi connectivity index (χ1n) is 8.95. The van der Waals surface area contributed by atoms with E-state index in [1.807, 2.05) is 37.9 Å². The van der Waals surface area contributed by atoms with Gasteiger partial charge in [0.05, 0.1) is 6.04 Å². The van der Waals surface area contributed by atoms with Gasteiger partial charge in [-0.25, -0.2) is 9.78 Å². The molecule has 0 radical (unpaired) electrons. The number of carbonyl (C=O) groups is 1. The zero-order valence-corrected chi connectivity index (χ0v) is 15.6. The number of nitrogens with one attached hydrogen (secondary N) is 1. The first kappa shape index (κ1) is 18.6. The van der Waals surface area contributed by atoms with E-state index in [-0.39, 0.29) is 12.1 Å². The van der Waals surface area contributed by atoms with Crippen molar-refractivity contribution in [2.45, 2.75) is 65.5 Å². The zero-order valence-electron chi connectivity index (χ0n) is 15.6. The van der Waals surface area contributed by atoms with Crippen LogP contribution in [0.3, 0.4) is 0 Å². The highest BCUT2D eigenvalue weighted by atomic mass is 16.6. The molecule has 0 bridgehead atoms. The van der Waals surface area contributed by atoms with E-state index in [2.05, 4.69) is 30.2 Å². The highest BCUT2D eigenvalue weighted by Crippen LogP contribution is 2.32. The van der Waals surface area contributed by atoms with Crippen LogP contribution in [-0.4, -0.2) is 34.7 Å². The Morgan fingerprint density at radius 1 is 1.38 bits per heavy atom. The molecule has 134 valence electrons. The lowest BCUT2D eigenvalue weighted by Crippen LogP contribution is -2.41. The van der Waals surface area contributed by atoms with Crippen molar-refractivity contribution < 1.29 is 9.53 Å². The van der Waals surface area contributed by atoms with Gasteiger partial charge in [0.15, 0.2) is 0 Å². The lowest BCUT2D eigenvalue weighted by Gasteiger charge is -2.36. The molecular weight excluding hydrogens is 302 g/mol. The number of hydrogen-bond acceptors (Lipinski definition) is 4. The number of anilines is 1. The fraction of sp³-hybridized carbons (Fsp3) is 0.684. The second-order valence-electron chi connectivity index (χ2n) is 7.94. The number of carbonyl (C=O) groups excluding carboxylic acids is 1. The molecule has 5 heteroatoms. The van der Waals surface area contributed by atoms with Gasteiger partial charge in [0, 0.05) is 19.3 Å². The number of ether oxygens (including phenoxy) is 1. The van der Waals surface area contributed by atoms with Crippen LogP contribution < -0.4 is 5.32 Å². The molecule has 1 atom stereocenters. The zero-order chi connectivity index (χ0) is 17.7. The average molecular weight is 333 g/mol. The minimum atomic E-state index is -0.470.